The molecule has 2 aliphatic rings. The molecule has 14 heteroatoms. The number of carbonyl (C=O) groups is 3. The van der Waals surface area contributed by atoms with Crippen LogP contribution >= 0.6 is 0 Å². The van der Waals surface area contributed by atoms with Crippen LogP contribution in [-0.4, -0.2) is 77.7 Å². The Morgan fingerprint density at radius 3 is 2.08 bits per heavy atom. The van der Waals surface area contributed by atoms with E-state index < -0.39 is 42.8 Å². The van der Waals surface area contributed by atoms with Crippen LogP contribution in [0.2, 0.25) is 0 Å². The van der Waals surface area contributed by atoms with E-state index in [0.717, 1.165) is 70.4 Å². The molecular formula is C48H57N2O10S2+. The monoisotopic (exact) mass is 885 g/mol. The topological polar surface area (TPSA) is 186 Å². The van der Waals surface area contributed by atoms with Gasteiger partial charge < -0.3 is 14.8 Å². The van der Waals surface area contributed by atoms with E-state index in [2.05, 4.69) is 44.4 Å². The number of carboxylic acids is 1. The number of aryl methyl sites for hydroxylation is 1. The summed E-state index contributed by atoms with van der Waals surface area (Å²) in [6.07, 6.45) is 11.0. The number of hydrogen-bond acceptors (Lipinski definition) is 8. The number of hydrogen-bond donors (Lipinski definition) is 3. The third kappa shape index (κ3) is 9.06. The van der Waals surface area contributed by atoms with Crippen molar-refractivity contribution in [2.45, 2.75) is 116 Å². The van der Waals surface area contributed by atoms with Crippen molar-refractivity contribution in [3.05, 3.63) is 100 Å². The van der Waals surface area contributed by atoms with Crippen LogP contribution in [0.25, 0.3) is 21.5 Å². The van der Waals surface area contributed by atoms with Gasteiger partial charge in [0, 0.05) is 64.8 Å². The van der Waals surface area contributed by atoms with E-state index in [1.165, 1.54) is 19.1 Å². The van der Waals surface area contributed by atoms with E-state index in [9.17, 15) is 45.4 Å². The molecule has 0 aliphatic carbocycles. The Hall–Kier alpha value is -5.02. The van der Waals surface area contributed by atoms with E-state index in [-0.39, 0.29) is 45.9 Å². The van der Waals surface area contributed by atoms with Gasteiger partial charge in [-0.15, -0.1) is 0 Å². The van der Waals surface area contributed by atoms with Crippen LogP contribution in [0.5, 0.6) is 0 Å². The SMILES string of the molecule is CCCC[N+]1=C(C=CC=C2N(CCCS(=O)(=O)O)c3cc(S(=O)(=O)O)c4cc(C(C)=O)ccc4c3C2(C)CCCCCC(C)=O)C(C)(C)c2c1cc(C)c1cc(C(=O)O)ccc21. The average Bonchev–Trinajstić information content (AvgIpc) is 3.54. The Bertz CT molecular complexity index is 2840. The highest BCUT2D eigenvalue weighted by Crippen LogP contribution is 2.55. The molecule has 330 valence electrons. The molecule has 12 nitrogen and oxygen atoms in total. The zero-order chi connectivity index (χ0) is 45.5. The quantitative estimate of drug-likeness (QED) is 0.0374. The number of Topliss-reactive ketones (excluding diaryl/α,β-unsaturated/α-hetero) is 2. The lowest BCUT2D eigenvalue weighted by molar-refractivity contribution is -0.438. The van der Waals surface area contributed by atoms with Crippen LogP contribution in [0.15, 0.2) is 77.4 Å². The second-order valence-electron chi connectivity index (χ2n) is 17.5. The maximum absolute atomic E-state index is 13.1. The number of fused-ring (bicyclic) bond motifs is 6. The van der Waals surface area contributed by atoms with Gasteiger partial charge in [-0.1, -0.05) is 50.5 Å². The molecule has 0 amide bonds. The lowest BCUT2D eigenvalue weighted by atomic mass is 9.75. The third-order valence-corrected chi connectivity index (χ3v) is 14.3. The first kappa shape index (κ1) is 46.5. The molecule has 1 unspecified atom stereocenters. The number of nitrogens with zero attached hydrogens (tertiary/aromatic N) is 2. The molecule has 0 radical (unpaired) electrons. The van der Waals surface area contributed by atoms with Crippen molar-refractivity contribution in [2.75, 3.05) is 23.7 Å². The maximum atomic E-state index is 13.1. The summed E-state index contributed by atoms with van der Waals surface area (Å²) in [7, 11) is -9.18. The van der Waals surface area contributed by atoms with Crippen LogP contribution in [0.4, 0.5) is 11.4 Å². The predicted molar refractivity (Wildman–Crippen MR) is 244 cm³/mol. The van der Waals surface area contributed by atoms with E-state index in [4.69, 9.17) is 0 Å². The summed E-state index contributed by atoms with van der Waals surface area (Å²) in [6.45, 7) is 14.2. The Morgan fingerprint density at radius 2 is 1.47 bits per heavy atom. The van der Waals surface area contributed by atoms with Crippen molar-refractivity contribution in [3.63, 3.8) is 0 Å². The fraction of sp³-hybridized carbons (Fsp3) is 0.417. The molecule has 3 N–H and O–H groups in total. The van der Waals surface area contributed by atoms with Crippen LogP contribution in [0, 0.1) is 6.92 Å². The Balaban J connectivity index is 1.58. The molecule has 2 heterocycles. The largest absolute Gasteiger partial charge is 0.478 e. The van der Waals surface area contributed by atoms with E-state index in [0.29, 0.717) is 36.8 Å². The molecule has 62 heavy (non-hydrogen) atoms. The van der Waals surface area contributed by atoms with Crippen molar-refractivity contribution in [1.82, 2.24) is 0 Å². The minimum absolute atomic E-state index is 0.00291. The van der Waals surface area contributed by atoms with Crippen molar-refractivity contribution in [1.29, 1.82) is 0 Å². The van der Waals surface area contributed by atoms with Gasteiger partial charge in [0.15, 0.2) is 11.5 Å². The first-order chi connectivity index (χ1) is 29.0. The number of aromatic carboxylic acids is 1. The predicted octanol–water partition coefficient (Wildman–Crippen LogP) is 9.66. The molecule has 0 saturated heterocycles. The third-order valence-electron chi connectivity index (χ3n) is 12.6. The van der Waals surface area contributed by atoms with Crippen molar-refractivity contribution in [2.24, 2.45) is 0 Å². The molecule has 1 atom stereocenters. The number of unbranched alkanes of at least 4 members (excludes halogenated alkanes) is 3. The van der Waals surface area contributed by atoms with Crippen LogP contribution < -0.4 is 4.90 Å². The highest BCUT2D eigenvalue weighted by Gasteiger charge is 2.47. The number of rotatable bonds is 18. The molecule has 4 aromatic rings. The molecule has 0 spiro atoms. The van der Waals surface area contributed by atoms with E-state index in [1.807, 2.05) is 30.0 Å². The van der Waals surface area contributed by atoms with Crippen LogP contribution in [0.3, 0.4) is 0 Å². The zero-order valence-corrected chi connectivity index (χ0v) is 38.2. The Morgan fingerprint density at radius 1 is 0.806 bits per heavy atom. The molecule has 0 fully saturated rings. The summed E-state index contributed by atoms with van der Waals surface area (Å²) < 4.78 is 72.9. The Labute approximate surface area is 364 Å². The highest BCUT2D eigenvalue weighted by molar-refractivity contribution is 7.86. The summed E-state index contributed by atoms with van der Waals surface area (Å²) in [6, 6.07) is 13.6. The van der Waals surface area contributed by atoms with E-state index >= 15 is 0 Å². The fourth-order valence-electron chi connectivity index (χ4n) is 9.63. The van der Waals surface area contributed by atoms with Gasteiger partial charge in [0.1, 0.15) is 17.2 Å². The molecular weight excluding hydrogens is 829 g/mol. The second-order valence-corrected chi connectivity index (χ2v) is 20.5. The second kappa shape index (κ2) is 17.6. The summed E-state index contributed by atoms with van der Waals surface area (Å²) >= 11 is 0. The van der Waals surface area contributed by atoms with Gasteiger partial charge in [-0.2, -0.15) is 21.4 Å². The number of ketones is 2. The van der Waals surface area contributed by atoms with Gasteiger partial charge in [-0.05, 0) is 118 Å². The molecule has 0 bridgehead atoms. The zero-order valence-electron chi connectivity index (χ0n) is 36.5. The lowest BCUT2D eigenvalue weighted by Crippen LogP contribution is -2.30. The fourth-order valence-corrected chi connectivity index (χ4v) is 10.8. The Kier molecular flexibility index (Phi) is 13.2. The summed E-state index contributed by atoms with van der Waals surface area (Å²) in [5, 5.41) is 12.3. The highest BCUT2D eigenvalue weighted by atomic mass is 32.2. The minimum Gasteiger partial charge on any atom is -0.478 e. The number of anilines is 1. The van der Waals surface area contributed by atoms with Gasteiger partial charge in [0.05, 0.1) is 16.7 Å². The average molecular weight is 886 g/mol. The van der Waals surface area contributed by atoms with Crippen molar-refractivity contribution < 1.29 is 50.0 Å². The van der Waals surface area contributed by atoms with Gasteiger partial charge in [0.25, 0.3) is 20.2 Å². The van der Waals surface area contributed by atoms with Crippen LogP contribution in [0.1, 0.15) is 130 Å². The number of carboxylic acid groups (broad SMARTS) is 1. The molecule has 6 rings (SSSR count). The van der Waals surface area contributed by atoms with Gasteiger partial charge in [-0.3, -0.25) is 13.9 Å². The standard InChI is InChI=1S/C48H56N2O10S2/c1-8-9-23-49-39-26-30(2)37-28-34(46(53)54)19-21-35(37)44(39)47(5,6)42(49)16-13-17-43-48(7,22-12-10-11-15-31(3)51)45-36-20-18-33(32(4)52)27-38(36)41(62(58,59)60)29-40(45)50(43)24-14-25-61(55,56)57/h13,16-21,26-29H,8-12,14-15,22-25H2,1-7H3,(H2-,53,54,55,56,57,58,59,60)/p+1. The summed E-state index contributed by atoms with van der Waals surface area (Å²) in [5.74, 6) is -1.72. The molecule has 0 saturated carbocycles. The number of allylic oxidation sites excluding steroid dienone is 4. The number of carbonyl (C=O) groups excluding carboxylic acids is 2. The van der Waals surface area contributed by atoms with Gasteiger partial charge in [0.2, 0.25) is 5.69 Å². The first-order valence-corrected chi connectivity index (χ1v) is 24.2. The smallest absolute Gasteiger partial charge is 0.335 e. The van der Waals surface area contributed by atoms with Crippen molar-refractivity contribution in [3.8, 4) is 0 Å². The van der Waals surface area contributed by atoms with Crippen LogP contribution in [-0.2, 0) is 35.9 Å². The molecule has 0 aromatic heterocycles. The van der Waals surface area contributed by atoms with E-state index in [1.54, 1.807) is 31.2 Å². The summed E-state index contributed by atoms with van der Waals surface area (Å²) in [5.41, 5.74) is 5.19. The van der Waals surface area contributed by atoms with Crippen molar-refractivity contribution >= 4 is 76.4 Å². The first-order valence-electron chi connectivity index (χ1n) is 21.2. The maximum Gasteiger partial charge on any atom is 0.335 e. The normalized spacial score (nSPS) is 18.1. The van der Waals surface area contributed by atoms with Gasteiger partial charge in [-0.25, -0.2) is 4.79 Å². The molecule has 2 aliphatic heterocycles. The lowest BCUT2D eigenvalue weighted by Gasteiger charge is -2.31. The van der Waals surface area contributed by atoms with Gasteiger partial charge >= 0.3 is 5.97 Å². The molecule has 4 aromatic carbocycles. The summed E-state index contributed by atoms with van der Waals surface area (Å²) in [4.78, 5) is 37.8. The minimum atomic E-state index is -4.83. The number of benzene rings is 4.